The molecule has 1 rings (SSSR count). The van der Waals surface area contributed by atoms with E-state index in [9.17, 15) is 4.79 Å². The van der Waals surface area contributed by atoms with E-state index in [0.717, 1.165) is 31.6 Å². The molecule has 1 aromatic rings. The van der Waals surface area contributed by atoms with Crippen molar-refractivity contribution in [3.63, 3.8) is 0 Å². The zero-order valence-corrected chi connectivity index (χ0v) is 12.4. The number of hydrogen-bond acceptors (Lipinski definition) is 3. The summed E-state index contributed by atoms with van der Waals surface area (Å²) >= 11 is 0. The van der Waals surface area contributed by atoms with Gasteiger partial charge in [0.1, 0.15) is 5.82 Å². The Kier molecular flexibility index (Phi) is 6.33. The van der Waals surface area contributed by atoms with Gasteiger partial charge in [0, 0.05) is 25.8 Å². The summed E-state index contributed by atoms with van der Waals surface area (Å²) < 4.78 is 0. The van der Waals surface area contributed by atoms with E-state index in [1.165, 1.54) is 0 Å². The van der Waals surface area contributed by atoms with Crippen molar-refractivity contribution in [2.24, 2.45) is 0 Å². The Labute approximate surface area is 116 Å². The third-order valence-electron chi connectivity index (χ3n) is 3.40. The largest absolute Gasteiger partial charge is 0.373 e. The van der Waals surface area contributed by atoms with Gasteiger partial charge in [0.05, 0.1) is 5.56 Å². The van der Waals surface area contributed by atoms with E-state index in [-0.39, 0.29) is 11.9 Å². The van der Waals surface area contributed by atoms with Crippen LogP contribution in [0.4, 0.5) is 5.82 Å². The van der Waals surface area contributed by atoms with Gasteiger partial charge >= 0.3 is 0 Å². The first kappa shape index (κ1) is 15.5. The van der Waals surface area contributed by atoms with Gasteiger partial charge in [-0.15, -0.1) is 0 Å². The Morgan fingerprint density at radius 3 is 2.63 bits per heavy atom. The van der Waals surface area contributed by atoms with E-state index in [4.69, 9.17) is 0 Å². The normalized spacial score (nSPS) is 12.0. The van der Waals surface area contributed by atoms with Crippen LogP contribution in [0, 0.1) is 0 Å². The highest BCUT2D eigenvalue weighted by Gasteiger charge is 2.20. The van der Waals surface area contributed by atoms with Crippen LogP contribution in [-0.4, -0.2) is 35.4 Å². The summed E-state index contributed by atoms with van der Waals surface area (Å²) in [4.78, 5) is 18.7. The van der Waals surface area contributed by atoms with Gasteiger partial charge in [-0.05, 0) is 31.9 Å². The standard InChI is InChI=1S/C15H25N3O/c1-5-7-10-18(12(3)6-2)15(19)13-8-9-14(16-4)17-11-13/h8-9,11-12H,5-7,10H2,1-4H3,(H,16,17). The molecule has 4 nitrogen and oxygen atoms in total. The number of rotatable bonds is 7. The summed E-state index contributed by atoms with van der Waals surface area (Å²) in [6.07, 6.45) is 4.75. The van der Waals surface area contributed by atoms with Gasteiger partial charge in [-0.2, -0.15) is 0 Å². The van der Waals surface area contributed by atoms with E-state index < -0.39 is 0 Å². The fourth-order valence-electron chi connectivity index (χ4n) is 1.91. The minimum absolute atomic E-state index is 0.0814. The molecule has 0 aromatic carbocycles. The smallest absolute Gasteiger partial charge is 0.255 e. The second kappa shape index (κ2) is 7.77. The van der Waals surface area contributed by atoms with Crippen LogP contribution in [-0.2, 0) is 0 Å². The molecule has 0 radical (unpaired) electrons. The maximum absolute atomic E-state index is 12.5. The van der Waals surface area contributed by atoms with E-state index in [1.54, 1.807) is 6.20 Å². The number of anilines is 1. The van der Waals surface area contributed by atoms with Crippen LogP contribution in [0.1, 0.15) is 50.4 Å². The topological polar surface area (TPSA) is 45.2 Å². The average molecular weight is 263 g/mol. The molecule has 0 saturated carbocycles. The molecule has 1 heterocycles. The summed E-state index contributed by atoms with van der Waals surface area (Å²) in [5.74, 6) is 0.859. The van der Waals surface area contributed by atoms with Crippen molar-refractivity contribution >= 4 is 11.7 Å². The molecule has 0 bridgehead atoms. The Bertz CT molecular complexity index is 389. The van der Waals surface area contributed by atoms with Gasteiger partial charge < -0.3 is 10.2 Å². The second-order valence-electron chi connectivity index (χ2n) is 4.79. The predicted molar refractivity (Wildman–Crippen MR) is 79.5 cm³/mol. The molecule has 1 atom stereocenters. The van der Waals surface area contributed by atoms with Crippen molar-refractivity contribution in [1.29, 1.82) is 0 Å². The number of nitrogens with one attached hydrogen (secondary N) is 1. The first-order valence-electron chi connectivity index (χ1n) is 7.08. The maximum Gasteiger partial charge on any atom is 0.255 e. The van der Waals surface area contributed by atoms with Crippen molar-refractivity contribution < 1.29 is 4.79 Å². The lowest BCUT2D eigenvalue weighted by molar-refractivity contribution is 0.0685. The second-order valence-corrected chi connectivity index (χ2v) is 4.79. The summed E-state index contributed by atoms with van der Waals surface area (Å²) in [5, 5.41) is 2.95. The number of amides is 1. The number of nitrogens with zero attached hydrogens (tertiary/aromatic N) is 2. The van der Waals surface area contributed by atoms with Crippen LogP contribution in [0.3, 0.4) is 0 Å². The lowest BCUT2D eigenvalue weighted by Gasteiger charge is -2.28. The van der Waals surface area contributed by atoms with Gasteiger partial charge in [0.15, 0.2) is 0 Å². The number of hydrogen-bond donors (Lipinski definition) is 1. The molecule has 4 heteroatoms. The molecule has 106 valence electrons. The molecule has 1 aromatic heterocycles. The Morgan fingerprint density at radius 2 is 2.16 bits per heavy atom. The molecule has 1 unspecified atom stereocenters. The number of unbranched alkanes of at least 4 members (excludes halogenated alkanes) is 1. The first-order valence-corrected chi connectivity index (χ1v) is 7.08. The average Bonchev–Trinajstić information content (AvgIpc) is 2.47. The first-order chi connectivity index (χ1) is 9.13. The summed E-state index contributed by atoms with van der Waals surface area (Å²) in [6.45, 7) is 7.17. The number of carbonyl (C=O) groups excluding carboxylic acids is 1. The highest BCUT2D eigenvalue weighted by atomic mass is 16.2. The Hall–Kier alpha value is -1.58. The van der Waals surface area contributed by atoms with Crippen molar-refractivity contribution in [3.8, 4) is 0 Å². The van der Waals surface area contributed by atoms with Crippen LogP contribution >= 0.6 is 0 Å². The fraction of sp³-hybridized carbons (Fsp3) is 0.600. The van der Waals surface area contributed by atoms with Crippen LogP contribution in [0.2, 0.25) is 0 Å². The maximum atomic E-state index is 12.5. The summed E-state index contributed by atoms with van der Waals surface area (Å²) in [6, 6.07) is 3.94. The van der Waals surface area contributed by atoms with Crippen molar-refractivity contribution in [3.05, 3.63) is 23.9 Å². The molecule has 0 spiro atoms. The fourth-order valence-corrected chi connectivity index (χ4v) is 1.91. The Balaban J connectivity index is 2.84. The molecule has 0 fully saturated rings. The van der Waals surface area contributed by atoms with E-state index >= 15 is 0 Å². The third kappa shape index (κ3) is 4.23. The molecule has 19 heavy (non-hydrogen) atoms. The number of aromatic nitrogens is 1. The van der Waals surface area contributed by atoms with Crippen LogP contribution in [0.15, 0.2) is 18.3 Å². The SMILES string of the molecule is CCCCN(C(=O)c1ccc(NC)nc1)C(C)CC. The molecule has 1 N–H and O–H groups in total. The van der Waals surface area contributed by atoms with Crippen LogP contribution < -0.4 is 5.32 Å². The summed E-state index contributed by atoms with van der Waals surface area (Å²) in [7, 11) is 1.82. The van der Waals surface area contributed by atoms with Gasteiger partial charge in [-0.1, -0.05) is 20.3 Å². The molecule has 0 aliphatic carbocycles. The summed E-state index contributed by atoms with van der Waals surface area (Å²) in [5.41, 5.74) is 0.662. The molecule has 0 aliphatic heterocycles. The monoisotopic (exact) mass is 263 g/mol. The highest BCUT2D eigenvalue weighted by Crippen LogP contribution is 2.13. The molecular weight excluding hydrogens is 238 g/mol. The lowest BCUT2D eigenvalue weighted by atomic mass is 10.1. The highest BCUT2D eigenvalue weighted by molar-refractivity contribution is 5.94. The molecule has 0 aliphatic rings. The molecular formula is C15H25N3O. The van der Waals surface area contributed by atoms with Gasteiger partial charge in [0.2, 0.25) is 0 Å². The van der Waals surface area contributed by atoms with E-state index in [0.29, 0.717) is 5.56 Å². The van der Waals surface area contributed by atoms with Gasteiger partial charge in [0.25, 0.3) is 5.91 Å². The molecule has 1 amide bonds. The minimum atomic E-state index is 0.0814. The zero-order valence-electron chi connectivity index (χ0n) is 12.4. The lowest BCUT2D eigenvalue weighted by Crippen LogP contribution is -2.39. The van der Waals surface area contributed by atoms with Crippen molar-refractivity contribution in [1.82, 2.24) is 9.88 Å². The predicted octanol–water partition coefficient (Wildman–Crippen LogP) is 3.16. The van der Waals surface area contributed by atoms with Gasteiger partial charge in [-0.3, -0.25) is 4.79 Å². The van der Waals surface area contributed by atoms with Gasteiger partial charge in [-0.25, -0.2) is 4.98 Å². The Morgan fingerprint density at radius 1 is 1.42 bits per heavy atom. The number of carbonyl (C=O) groups is 1. The van der Waals surface area contributed by atoms with E-state index in [2.05, 4.69) is 31.1 Å². The van der Waals surface area contributed by atoms with Crippen molar-refractivity contribution in [2.45, 2.75) is 46.1 Å². The quantitative estimate of drug-likeness (QED) is 0.822. The molecule has 0 saturated heterocycles. The van der Waals surface area contributed by atoms with Crippen LogP contribution in [0.5, 0.6) is 0 Å². The van der Waals surface area contributed by atoms with Crippen molar-refractivity contribution in [2.75, 3.05) is 18.9 Å². The third-order valence-corrected chi connectivity index (χ3v) is 3.40. The van der Waals surface area contributed by atoms with Crippen LogP contribution in [0.25, 0.3) is 0 Å². The minimum Gasteiger partial charge on any atom is -0.373 e. The number of pyridine rings is 1. The zero-order chi connectivity index (χ0) is 14.3. The van der Waals surface area contributed by atoms with E-state index in [1.807, 2.05) is 24.1 Å².